The van der Waals surface area contributed by atoms with Gasteiger partial charge in [-0.05, 0) is 42.8 Å². The first-order chi connectivity index (χ1) is 13.8. The molecular weight excluding hydrogens is 419 g/mol. The Morgan fingerprint density at radius 3 is 2.55 bits per heavy atom. The van der Waals surface area contributed by atoms with E-state index in [0.717, 1.165) is 0 Å². The molecule has 1 fully saturated rings. The molecule has 0 aliphatic carbocycles. The zero-order valence-corrected chi connectivity index (χ0v) is 17.1. The third kappa shape index (κ3) is 3.52. The van der Waals surface area contributed by atoms with Crippen molar-refractivity contribution in [1.29, 1.82) is 0 Å². The van der Waals surface area contributed by atoms with Gasteiger partial charge in [0.2, 0.25) is 9.84 Å². The van der Waals surface area contributed by atoms with E-state index in [9.17, 15) is 17.6 Å². The average Bonchev–Trinajstić information content (AvgIpc) is 2.70. The number of morpholine rings is 1. The third-order valence-corrected chi connectivity index (χ3v) is 6.97. The van der Waals surface area contributed by atoms with Gasteiger partial charge in [0, 0.05) is 30.0 Å². The summed E-state index contributed by atoms with van der Waals surface area (Å²) in [6.45, 7) is 2.93. The second-order valence-corrected chi connectivity index (χ2v) is 9.14. The monoisotopic (exact) mass is 436 g/mol. The number of rotatable bonds is 2. The molecule has 1 amide bonds. The number of ether oxygens (including phenoxy) is 1. The van der Waals surface area contributed by atoms with E-state index in [-0.39, 0.29) is 15.5 Å². The van der Waals surface area contributed by atoms with Crippen molar-refractivity contribution in [1.82, 2.24) is 4.90 Å². The Hall–Kier alpha value is -2.42. The fraction of sp³-hybridized carbons (Fsp3) is 0.250. The van der Waals surface area contributed by atoms with Crippen LogP contribution in [0.1, 0.15) is 5.56 Å². The largest absolute Gasteiger partial charge is 0.378 e. The Morgan fingerprint density at radius 1 is 1.14 bits per heavy atom. The summed E-state index contributed by atoms with van der Waals surface area (Å²) < 4.78 is 45.9. The first-order valence-corrected chi connectivity index (χ1v) is 10.8. The van der Waals surface area contributed by atoms with Gasteiger partial charge in [-0.25, -0.2) is 12.8 Å². The summed E-state index contributed by atoms with van der Waals surface area (Å²) in [5.41, 5.74) is 1.11. The van der Waals surface area contributed by atoms with Crippen LogP contribution in [0.5, 0.6) is 0 Å². The second-order valence-electron chi connectivity index (χ2n) is 6.82. The predicted molar refractivity (Wildman–Crippen MR) is 107 cm³/mol. The molecule has 152 valence electrons. The molecule has 6 nitrogen and oxygen atoms in total. The molecule has 0 bridgehead atoms. The van der Waals surface area contributed by atoms with E-state index in [1.54, 1.807) is 19.1 Å². The van der Waals surface area contributed by atoms with E-state index < -0.39 is 21.6 Å². The van der Waals surface area contributed by atoms with Gasteiger partial charge >= 0.3 is 0 Å². The first-order valence-electron chi connectivity index (χ1n) is 8.98. The molecule has 2 aliphatic heterocycles. The van der Waals surface area contributed by atoms with Gasteiger partial charge in [0.05, 0.1) is 23.8 Å². The summed E-state index contributed by atoms with van der Waals surface area (Å²) in [5, 5.41) is 0.327. The number of hydrogen-bond donors (Lipinski definition) is 0. The Morgan fingerprint density at radius 2 is 1.86 bits per heavy atom. The summed E-state index contributed by atoms with van der Waals surface area (Å²) in [7, 11) is -4.07. The molecule has 2 aromatic carbocycles. The summed E-state index contributed by atoms with van der Waals surface area (Å²) in [4.78, 5) is 15.6. The molecular formula is C20H18ClFN2O4S. The van der Waals surface area contributed by atoms with Crippen LogP contribution in [0.4, 0.5) is 15.8 Å². The van der Waals surface area contributed by atoms with Gasteiger partial charge in [0.15, 0.2) is 4.91 Å². The fourth-order valence-electron chi connectivity index (χ4n) is 3.32. The number of anilines is 2. The van der Waals surface area contributed by atoms with Gasteiger partial charge in [0.25, 0.3) is 5.91 Å². The van der Waals surface area contributed by atoms with Crippen LogP contribution in [-0.4, -0.2) is 45.5 Å². The second kappa shape index (κ2) is 7.44. The number of amides is 1. The van der Waals surface area contributed by atoms with Crippen molar-refractivity contribution in [2.45, 2.75) is 11.8 Å². The molecule has 2 aromatic rings. The molecule has 0 unspecified atom stereocenters. The molecule has 1 saturated heterocycles. The standard InChI is InChI=1S/C20H18ClFN2O4S/c1-13-2-4-15(11-16(13)22)24-12-19(20(25)23-6-8-28-9-7-23)29(26,27)18-5-3-14(21)10-17(18)24/h2-5,10-12H,6-9H2,1H3. The highest BCUT2D eigenvalue weighted by Crippen LogP contribution is 2.41. The summed E-state index contributed by atoms with van der Waals surface area (Å²) in [6.07, 6.45) is 1.25. The smallest absolute Gasteiger partial charge is 0.267 e. The number of carbonyl (C=O) groups excluding carboxylic acids is 1. The van der Waals surface area contributed by atoms with Crippen LogP contribution in [0.15, 0.2) is 52.4 Å². The van der Waals surface area contributed by atoms with Crippen LogP contribution in [0.2, 0.25) is 5.02 Å². The Labute approximate surface area is 173 Å². The van der Waals surface area contributed by atoms with Crippen molar-refractivity contribution in [3.05, 3.63) is 63.9 Å². The third-order valence-electron chi connectivity index (χ3n) is 4.95. The minimum Gasteiger partial charge on any atom is -0.378 e. The molecule has 2 heterocycles. The molecule has 0 N–H and O–H groups in total. The van der Waals surface area contributed by atoms with Crippen molar-refractivity contribution in [2.75, 3.05) is 31.2 Å². The van der Waals surface area contributed by atoms with Crippen LogP contribution in [-0.2, 0) is 19.4 Å². The number of fused-ring (bicyclic) bond motifs is 1. The zero-order chi connectivity index (χ0) is 20.8. The molecule has 0 spiro atoms. The lowest BCUT2D eigenvalue weighted by molar-refractivity contribution is -0.130. The van der Waals surface area contributed by atoms with Crippen molar-refractivity contribution in [2.24, 2.45) is 0 Å². The van der Waals surface area contributed by atoms with E-state index in [4.69, 9.17) is 16.3 Å². The molecule has 4 rings (SSSR count). The van der Waals surface area contributed by atoms with E-state index in [1.807, 2.05) is 0 Å². The average molecular weight is 437 g/mol. The van der Waals surface area contributed by atoms with E-state index in [1.165, 1.54) is 40.3 Å². The number of aryl methyl sites for hydroxylation is 1. The van der Waals surface area contributed by atoms with Gasteiger partial charge in [-0.15, -0.1) is 0 Å². The lowest BCUT2D eigenvalue weighted by atomic mass is 10.2. The summed E-state index contributed by atoms with van der Waals surface area (Å²) in [6, 6.07) is 8.85. The maximum Gasteiger partial charge on any atom is 0.267 e. The predicted octanol–water partition coefficient (Wildman–Crippen LogP) is 3.41. The zero-order valence-electron chi connectivity index (χ0n) is 15.6. The maximum atomic E-state index is 14.2. The number of halogens is 2. The van der Waals surface area contributed by atoms with Crippen LogP contribution in [0.3, 0.4) is 0 Å². The normalized spacial score (nSPS) is 18.2. The van der Waals surface area contributed by atoms with E-state index in [0.29, 0.717) is 42.6 Å². The fourth-order valence-corrected chi connectivity index (χ4v) is 5.00. The Bertz CT molecular complexity index is 1130. The highest BCUT2D eigenvalue weighted by Gasteiger charge is 2.38. The number of sulfone groups is 1. The lowest BCUT2D eigenvalue weighted by Crippen LogP contribution is -2.43. The number of carbonyl (C=O) groups is 1. The SMILES string of the molecule is Cc1ccc(N2C=C(C(=O)N3CCOCC3)S(=O)(=O)c3ccc(Cl)cc32)cc1F. The van der Waals surface area contributed by atoms with Gasteiger partial charge < -0.3 is 14.5 Å². The molecule has 2 aliphatic rings. The van der Waals surface area contributed by atoms with Crippen LogP contribution in [0, 0.1) is 12.7 Å². The van der Waals surface area contributed by atoms with Crippen LogP contribution < -0.4 is 4.90 Å². The van der Waals surface area contributed by atoms with Gasteiger partial charge in [-0.1, -0.05) is 17.7 Å². The van der Waals surface area contributed by atoms with Crippen LogP contribution in [0.25, 0.3) is 0 Å². The molecule has 0 saturated carbocycles. The topological polar surface area (TPSA) is 66.9 Å². The van der Waals surface area contributed by atoms with Gasteiger partial charge in [-0.3, -0.25) is 4.79 Å². The molecule has 29 heavy (non-hydrogen) atoms. The highest BCUT2D eigenvalue weighted by molar-refractivity contribution is 7.96. The first kappa shape index (κ1) is 19.9. The van der Waals surface area contributed by atoms with Crippen LogP contribution >= 0.6 is 11.6 Å². The van der Waals surface area contributed by atoms with Gasteiger partial charge in [0.1, 0.15) is 5.82 Å². The number of hydrogen-bond acceptors (Lipinski definition) is 5. The van der Waals surface area contributed by atoms with Crippen molar-refractivity contribution < 1.29 is 22.3 Å². The minimum atomic E-state index is -4.07. The summed E-state index contributed by atoms with van der Waals surface area (Å²) >= 11 is 6.09. The van der Waals surface area contributed by atoms with Gasteiger partial charge in [-0.2, -0.15) is 0 Å². The van der Waals surface area contributed by atoms with E-state index in [2.05, 4.69) is 0 Å². The molecule has 0 aromatic heterocycles. The minimum absolute atomic E-state index is 0.0537. The Balaban J connectivity index is 1.89. The van der Waals surface area contributed by atoms with Crippen molar-refractivity contribution in [3.8, 4) is 0 Å². The number of benzene rings is 2. The van der Waals surface area contributed by atoms with Crippen molar-refractivity contribution in [3.63, 3.8) is 0 Å². The number of nitrogens with zero attached hydrogens (tertiary/aromatic N) is 2. The van der Waals surface area contributed by atoms with E-state index >= 15 is 0 Å². The summed E-state index contributed by atoms with van der Waals surface area (Å²) in [5.74, 6) is -1.04. The molecule has 9 heteroatoms. The highest BCUT2D eigenvalue weighted by atomic mass is 35.5. The van der Waals surface area contributed by atoms with Crippen molar-refractivity contribution >= 4 is 38.7 Å². The Kier molecular flexibility index (Phi) is 5.10. The molecule has 0 atom stereocenters. The lowest BCUT2D eigenvalue weighted by Gasteiger charge is -2.32. The molecule has 0 radical (unpaired) electrons. The maximum absolute atomic E-state index is 14.2. The quantitative estimate of drug-likeness (QED) is 0.721.